The molecule has 0 amide bonds. The van der Waals surface area contributed by atoms with E-state index < -0.39 is 0 Å². The van der Waals surface area contributed by atoms with Gasteiger partial charge in [-0.2, -0.15) is 0 Å². The van der Waals surface area contributed by atoms with Crippen molar-refractivity contribution in [1.29, 1.82) is 0 Å². The number of halogens is 1. The quantitative estimate of drug-likeness (QED) is 0.385. The van der Waals surface area contributed by atoms with Gasteiger partial charge in [0, 0.05) is 24.2 Å². The lowest BCUT2D eigenvalue weighted by Crippen LogP contribution is -2.28. The first-order chi connectivity index (χ1) is 16.6. The fourth-order valence-corrected chi connectivity index (χ4v) is 3.98. The smallest absolute Gasteiger partial charge is 0.252 e. The number of hydrogen-bond acceptors (Lipinski definition) is 5. The van der Waals surface area contributed by atoms with E-state index >= 15 is 0 Å². The lowest BCUT2D eigenvalue weighted by molar-refractivity contribution is 0.236. The van der Waals surface area contributed by atoms with E-state index in [1.165, 1.54) is 12.1 Å². The van der Waals surface area contributed by atoms with E-state index in [-0.39, 0.29) is 11.4 Å². The van der Waals surface area contributed by atoms with Crippen molar-refractivity contribution in [3.63, 3.8) is 0 Å². The summed E-state index contributed by atoms with van der Waals surface area (Å²) in [6.45, 7) is 1.86. The SMILES string of the molecule is O=c1[nH]c2ccccc2cc1CN(Cc1ccc(F)cc1)Cc1nnnn1Cc1ccccc1. The number of H-pyrrole nitrogens is 1. The molecule has 0 spiro atoms. The lowest BCUT2D eigenvalue weighted by Gasteiger charge is -2.22. The van der Waals surface area contributed by atoms with Crippen molar-refractivity contribution in [2.24, 2.45) is 0 Å². The number of aromatic nitrogens is 5. The number of nitrogens with one attached hydrogen (secondary N) is 1. The maximum atomic E-state index is 13.4. The minimum atomic E-state index is -0.284. The first-order valence-electron chi connectivity index (χ1n) is 11.0. The van der Waals surface area contributed by atoms with Crippen molar-refractivity contribution in [1.82, 2.24) is 30.1 Å². The van der Waals surface area contributed by atoms with E-state index in [0.717, 1.165) is 22.0 Å². The summed E-state index contributed by atoms with van der Waals surface area (Å²) in [7, 11) is 0. The number of pyridine rings is 1. The molecule has 0 radical (unpaired) electrons. The summed E-state index contributed by atoms with van der Waals surface area (Å²) >= 11 is 0. The molecule has 0 unspecified atom stereocenters. The average Bonchev–Trinajstić information content (AvgIpc) is 3.28. The normalized spacial score (nSPS) is 11.4. The van der Waals surface area contributed by atoms with Gasteiger partial charge in [-0.1, -0.05) is 60.7 Å². The fourth-order valence-electron chi connectivity index (χ4n) is 3.98. The van der Waals surface area contributed by atoms with Gasteiger partial charge in [-0.25, -0.2) is 9.07 Å². The van der Waals surface area contributed by atoms with Crippen LogP contribution in [0.5, 0.6) is 0 Å². The van der Waals surface area contributed by atoms with Gasteiger partial charge in [0.25, 0.3) is 5.56 Å². The molecule has 0 saturated heterocycles. The van der Waals surface area contributed by atoms with Crippen LogP contribution in [0, 0.1) is 5.82 Å². The molecule has 0 aliphatic rings. The molecule has 1 N–H and O–H groups in total. The second-order valence-corrected chi connectivity index (χ2v) is 8.22. The van der Waals surface area contributed by atoms with Crippen LogP contribution >= 0.6 is 0 Å². The number of aromatic amines is 1. The van der Waals surface area contributed by atoms with Crippen LogP contribution in [0.25, 0.3) is 10.9 Å². The largest absolute Gasteiger partial charge is 0.322 e. The van der Waals surface area contributed by atoms with Gasteiger partial charge in [-0.3, -0.25) is 9.69 Å². The van der Waals surface area contributed by atoms with E-state index in [0.29, 0.717) is 37.6 Å². The summed E-state index contributed by atoms with van der Waals surface area (Å²) in [5, 5.41) is 13.2. The number of hydrogen-bond donors (Lipinski definition) is 1. The van der Waals surface area contributed by atoms with Crippen LogP contribution in [0.2, 0.25) is 0 Å². The molecule has 0 aliphatic heterocycles. The summed E-state index contributed by atoms with van der Waals surface area (Å²) in [5.41, 5.74) is 3.33. The topological polar surface area (TPSA) is 79.7 Å². The Labute approximate surface area is 195 Å². The fraction of sp³-hybridized carbons (Fsp3) is 0.154. The molecule has 7 nitrogen and oxygen atoms in total. The molecule has 0 atom stereocenters. The summed E-state index contributed by atoms with van der Waals surface area (Å²) in [5.74, 6) is 0.399. The maximum absolute atomic E-state index is 13.4. The third-order valence-electron chi connectivity index (χ3n) is 5.69. The molecule has 5 aromatic rings. The van der Waals surface area contributed by atoms with Crippen molar-refractivity contribution in [2.45, 2.75) is 26.2 Å². The number of rotatable bonds is 8. The number of benzene rings is 3. The summed E-state index contributed by atoms with van der Waals surface area (Å²) in [6.07, 6.45) is 0. The Bertz CT molecular complexity index is 1450. The summed E-state index contributed by atoms with van der Waals surface area (Å²) in [4.78, 5) is 17.8. The highest BCUT2D eigenvalue weighted by molar-refractivity contribution is 5.78. The van der Waals surface area contributed by atoms with Crippen molar-refractivity contribution in [3.05, 3.63) is 124 Å². The zero-order chi connectivity index (χ0) is 23.3. The van der Waals surface area contributed by atoms with E-state index in [4.69, 9.17) is 0 Å². The molecule has 0 saturated carbocycles. The van der Waals surface area contributed by atoms with E-state index in [1.54, 1.807) is 16.8 Å². The molecule has 3 aromatic carbocycles. The standard InChI is InChI=1S/C26H23FN6O/c27-23-12-10-20(11-13-23)15-32(17-22-14-21-8-4-5-9-24(21)28-26(22)34)18-25-29-30-31-33(25)16-19-6-2-1-3-7-19/h1-14H,15-18H2,(H,28,34). The van der Waals surface area contributed by atoms with Gasteiger partial charge in [0.1, 0.15) is 5.82 Å². The van der Waals surface area contributed by atoms with Crippen molar-refractivity contribution in [2.75, 3.05) is 0 Å². The van der Waals surface area contributed by atoms with Gasteiger partial charge >= 0.3 is 0 Å². The molecule has 5 rings (SSSR count). The Hall–Kier alpha value is -4.17. The van der Waals surface area contributed by atoms with Crippen LogP contribution in [0.15, 0.2) is 89.7 Å². The first kappa shape index (κ1) is 21.7. The monoisotopic (exact) mass is 454 g/mol. The minimum Gasteiger partial charge on any atom is -0.322 e. The van der Waals surface area contributed by atoms with E-state index in [2.05, 4.69) is 25.4 Å². The van der Waals surface area contributed by atoms with Gasteiger partial charge in [-0.05, 0) is 51.2 Å². The predicted octanol–water partition coefficient (Wildman–Crippen LogP) is 3.90. The van der Waals surface area contributed by atoms with E-state index in [9.17, 15) is 9.18 Å². The highest BCUT2D eigenvalue weighted by Crippen LogP contribution is 2.16. The highest BCUT2D eigenvalue weighted by atomic mass is 19.1. The Kier molecular flexibility index (Phi) is 6.22. The van der Waals surface area contributed by atoms with Gasteiger partial charge in [0.05, 0.1) is 13.1 Å². The molecular weight excluding hydrogens is 431 g/mol. The van der Waals surface area contributed by atoms with Gasteiger partial charge < -0.3 is 4.98 Å². The van der Waals surface area contributed by atoms with E-state index in [1.807, 2.05) is 60.7 Å². The number of nitrogens with zero attached hydrogens (tertiary/aromatic N) is 5. The van der Waals surface area contributed by atoms with Gasteiger partial charge in [0.15, 0.2) is 5.82 Å². The molecule has 0 aliphatic carbocycles. The van der Waals surface area contributed by atoms with Crippen molar-refractivity contribution < 1.29 is 4.39 Å². The van der Waals surface area contributed by atoms with Crippen LogP contribution < -0.4 is 5.56 Å². The van der Waals surface area contributed by atoms with Crippen LogP contribution in [-0.2, 0) is 26.2 Å². The highest BCUT2D eigenvalue weighted by Gasteiger charge is 2.16. The third kappa shape index (κ3) is 5.07. The van der Waals surface area contributed by atoms with Crippen LogP contribution in [-0.4, -0.2) is 30.1 Å². The summed E-state index contributed by atoms with van der Waals surface area (Å²) < 4.78 is 15.2. The minimum absolute atomic E-state index is 0.133. The van der Waals surface area contributed by atoms with Crippen LogP contribution in [0.1, 0.15) is 22.5 Å². The maximum Gasteiger partial charge on any atom is 0.252 e. The van der Waals surface area contributed by atoms with Crippen LogP contribution in [0.4, 0.5) is 4.39 Å². The van der Waals surface area contributed by atoms with Gasteiger partial charge in [0.2, 0.25) is 0 Å². The molecule has 0 fully saturated rings. The zero-order valence-corrected chi connectivity index (χ0v) is 18.4. The lowest BCUT2D eigenvalue weighted by atomic mass is 10.1. The van der Waals surface area contributed by atoms with Crippen LogP contribution in [0.3, 0.4) is 0 Å². The number of para-hydroxylation sites is 1. The second-order valence-electron chi connectivity index (χ2n) is 8.22. The Balaban J connectivity index is 1.43. The van der Waals surface area contributed by atoms with Crippen molar-refractivity contribution >= 4 is 10.9 Å². The first-order valence-corrected chi connectivity index (χ1v) is 11.0. The molecule has 8 heteroatoms. The van der Waals surface area contributed by atoms with Gasteiger partial charge in [-0.15, -0.1) is 5.10 Å². The Morgan fingerprint density at radius 3 is 2.44 bits per heavy atom. The number of tetrazole rings is 1. The Morgan fingerprint density at radius 1 is 0.853 bits per heavy atom. The number of fused-ring (bicyclic) bond motifs is 1. The average molecular weight is 455 g/mol. The Morgan fingerprint density at radius 2 is 1.62 bits per heavy atom. The second kappa shape index (κ2) is 9.76. The molecule has 2 heterocycles. The summed E-state index contributed by atoms with van der Waals surface area (Å²) in [6, 6.07) is 26.0. The van der Waals surface area contributed by atoms with Crippen molar-refractivity contribution in [3.8, 4) is 0 Å². The molecule has 34 heavy (non-hydrogen) atoms. The third-order valence-corrected chi connectivity index (χ3v) is 5.69. The predicted molar refractivity (Wildman–Crippen MR) is 127 cm³/mol. The molecule has 170 valence electrons. The molecular formula is C26H23FN6O. The molecule has 0 bridgehead atoms. The zero-order valence-electron chi connectivity index (χ0n) is 18.4. The molecule has 2 aromatic heterocycles.